The minimum atomic E-state index is -0.475. The second-order valence-electron chi connectivity index (χ2n) is 5.32. The van der Waals surface area contributed by atoms with E-state index in [-0.39, 0.29) is 11.8 Å². The van der Waals surface area contributed by atoms with Gasteiger partial charge in [0.1, 0.15) is 11.4 Å². The van der Waals surface area contributed by atoms with Crippen LogP contribution in [-0.2, 0) is 0 Å². The fourth-order valence-corrected chi connectivity index (χ4v) is 2.93. The summed E-state index contributed by atoms with van der Waals surface area (Å²) < 4.78 is 6.08. The average Bonchev–Trinajstić information content (AvgIpc) is 2.47. The van der Waals surface area contributed by atoms with E-state index >= 15 is 0 Å². The number of piperidine rings is 1. The van der Waals surface area contributed by atoms with Crippen molar-refractivity contribution < 1.29 is 14.3 Å². The molecule has 2 aliphatic rings. The van der Waals surface area contributed by atoms with Gasteiger partial charge in [-0.3, -0.25) is 4.79 Å². The molecule has 2 heterocycles. The quantitative estimate of drug-likeness (QED) is 0.733. The molecule has 2 aliphatic heterocycles. The summed E-state index contributed by atoms with van der Waals surface area (Å²) in [5.74, 6) is 0.768. The lowest BCUT2D eigenvalue weighted by molar-refractivity contribution is -0.000436. The zero-order valence-corrected chi connectivity index (χ0v) is 11.1. The topological polar surface area (TPSA) is 58.6 Å². The van der Waals surface area contributed by atoms with Crippen molar-refractivity contribution in [2.75, 3.05) is 13.1 Å². The highest BCUT2D eigenvalue weighted by Gasteiger charge is 2.43. The maximum absolute atomic E-state index is 12.2. The van der Waals surface area contributed by atoms with Crippen LogP contribution in [0.2, 0.25) is 0 Å². The molecule has 1 aromatic carbocycles. The molecule has 20 heavy (non-hydrogen) atoms. The summed E-state index contributed by atoms with van der Waals surface area (Å²) in [6.07, 6.45) is 1.66. The first kappa shape index (κ1) is 13.0. The maximum Gasteiger partial charge on any atom is 0.317 e. The lowest BCUT2D eigenvalue weighted by Gasteiger charge is -2.43. The minimum Gasteiger partial charge on any atom is -0.486 e. The standard InChI is InChI=1S/C15H16N2O3/c1-16-14(19)17-8-6-15(7-9-17)10-12(18)11-4-2-3-5-13(11)20-15/h1-5H,6-10H2,(H,16,19). The van der Waals surface area contributed by atoms with Crippen molar-refractivity contribution in [1.29, 1.82) is 0 Å². The van der Waals surface area contributed by atoms with Crippen LogP contribution in [0.1, 0.15) is 29.6 Å². The largest absolute Gasteiger partial charge is 0.486 e. The molecular weight excluding hydrogens is 256 g/mol. The lowest BCUT2D eigenvalue weighted by Crippen LogP contribution is -2.53. The van der Waals surface area contributed by atoms with E-state index in [2.05, 4.69) is 5.32 Å². The Balaban J connectivity index is 1.77. The van der Waals surface area contributed by atoms with E-state index in [0.717, 1.165) is 0 Å². The van der Waals surface area contributed by atoms with Crippen molar-refractivity contribution in [1.82, 2.24) is 10.2 Å². The average molecular weight is 272 g/mol. The molecule has 1 N–H and O–H groups in total. The molecule has 1 fully saturated rings. The number of carbonyl (C=O) groups is 2. The van der Waals surface area contributed by atoms with E-state index in [4.69, 9.17) is 11.8 Å². The summed E-state index contributed by atoms with van der Waals surface area (Å²) in [4.78, 5) is 25.4. The molecule has 0 unspecified atom stereocenters. The highest BCUT2D eigenvalue weighted by Crippen LogP contribution is 2.39. The van der Waals surface area contributed by atoms with E-state index in [1.807, 2.05) is 18.2 Å². The van der Waals surface area contributed by atoms with Gasteiger partial charge in [0.2, 0.25) is 0 Å². The zero-order valence-electron chi connectivity index (χ0n) is 11.1. The molecule has 3 rings (SSSR count). The third kappa shape index (κ3) is 2.13. The number of fused-ring (bicyclic) bond motifs is 1. The Morgan fingerprint density at radius 1 is 1.30 bits per heavy atom. The molecule has 2 radical (unpaired) electrons. The summed E-state index contributed by atoms with van der Waals surface area (Å²) >= 11 is 0. The van der Waals surface area contributed by atoms with Gasteiger partial charge in [0.05, 0.1) is 19.0 Å². The van der Waals surface area contributed by atoms with Crippen molar-refractivity contribution in [2.45, 2.75) is 24.9 Å². The molecule has 0 aromatic heterocycles. The number of ether oxygens (including phenoxy) is 1. The van der Waals surface area contributed by atoms with Gasteiger partial charge >= 0.3 is 6.03 Å². The van der Waals surface area contributed by atoms with Gasteiger partial charge in [-0.05, 0) is 12.1 Å². The Labute approximate surface area is 117 Å². The van der Waals surface area contributed by atoms with Gasteiger partial charge in [0, 0.05) is 25.9 Å². The number of nitrogens with one attached hydrogen (secondary N) is 1. The molecule has 0 saturated carbocycles. The first-order valence-corrected chi connectivity index (χ1v) is 6.70. The van der Waals surface area contributed by atoms with Gasteiger partial charge in [0.25, 0.3) is 0 Å². The van der Waals surface area contributed by atoms with Crippen molar-refractivity contribution in [3.63, 3.8) is 0 Å². The van der Waals surface area contributed by atoms with Crippen molar-refractivity contribution >= 4 is 11.8 Å². The molecule has 5 nitrogen and oxygen atoms in total. The van der Waals surface area contributed by atoms with E-state index in [1.165, 1.54) is 0 Å². The van der Waals surface area contributed by atoms with Crippen molar-refractivity contribution in [3.05, 3.63) is 36.9 Å². The number of likely N-dealkylation sites (tertiary alicyclic amines) is 1. The molecule has 0 aliphatic carbocycles. The smallest absolute Gasteiger partial charge is 0.317 e. The number of hydrogen-bond donors (Lipinski definition) is 1. The molecule has 0 atom stereocenters. The predicted octanol–water partition coefficient (Wildman–Crippen LogP) is 1.86. The number of carbonyl (C=O) groups excluding carboxylic acids is 2. The van der Waals surface area contributed by atoms with Crippen LogP contribution in [-0.4, -0.2) is 35.4 Å². The van der Waals surface area contributed by atoms with Crippen LogP contribution in [0.15, 0.2) is 24.3 Å². The maximum atomic E-state index is 12.2. The van der Waals surface area contributed by atoms with Gasteiger partial charge < -0.3 is 15.0 Å². The Bertz CT molecular complexity index is 548. The van der Waals surface area contributed by atoms with Gasteiger partial charge in [-0.2, -0.15) is 0 Å². The van der Waals surface area contributed by atoms with E-state index in [0.29, 0.717) is 43.7 Å². The van der Waals surface area contributed by atoms with E-state index in [1.54, 1.807) is 11.0 Å². The summed E-state index contributed by atoms with van der Waals surface area (Å²) in [6, 6.07) is 7.03. The van der Waals surface area contributed by atoms with Crippen LogP contribution in [0.5, 0.6) is 5.75 Å². The Morgan fingerprint density at radius 2 is 2.00 bits per heavy atom. The number of urea groups is 1. The minimum absolute atomic E-state index is 0.114. The van der Waals surface area contributed by atoms with Crippen LogP contribution in [0.25, 0.3) is 0 Å². The van der Waals surface area contributed by atoms with Crippen LogP contribution < -0.4 is 10.1 Å². The third-order valence-electron chi connectivity index (χ3n) is 4.08. The number of benzene rings is 1. The fraction of sp³-hybridized carbons (Fsp3) is 0.400. The van der Waals surface area contributed by atoms with E-state index < -0.39 is 5.60 Å². The third-order valence-corrected chi connectivity index (χ3v) is 4.08. The van der Waals surface area contributed by atoms with Gasteiger partial charge in [-0.1, -0.05) is 12.1 Å². The first-order valence-electron chi connectivity index (χ1n) is 6.70. The Morgan fingerprint density at radius 3 is 2.70 bits per heavy atom. The monoisotopic (exact) mass is 272 g/mol. The number of hydrogen-bond acceptors (Lipinski definition) is 3. The second kappa shape index (κ2) is 4.81. The molecule has 104 valence electrons. The van der Waals surface area contributed by atoms with Crippen LogP contribution >= 0.6 is 0 Å². The fourth-order valence-electron chi connectivity index (χ4n) is 2.93. The summed E-state index contributed by atoms with van der Waals surface area (Å²) in [5.41, 5.74) is 0.178. The van der Waals surface area contributed by atoms with Gasteiger partial charge in [-0.15, -0.1) is 0 Å². The Kier molecular flexibility index (Phi) is 3.12. The zero-order chi connectivity index (χ0) is 14.2. The number of ketones is 1. The summed E-state index contributed by atoms with van der Waals surface area (Å²) in [7, 11) is 5.13. The molecule has 1 spiro atoms. The highest BCUT2D eigenvalue weighted by atomic mass is 16.5. The summed E-state index contributed by atoms with van der Waals surface area (Å²) in [5, 5.41) is 2.13. The van der Waals surface area contributed by atoms with Gasteiger partial charge in [-0.25, -0.2) is 4.79 Å². The predicted molar refractivity (Wildman–Crippen MR) is 72.4 cm³/mol. The molecule has 0 bridgehead atoms. The first-order chi connectivity index (χ1) is 9.63. The molecule has 5 heteroatoms. The molecule has 1 aromatic rings. The van der Waals surface area contributed by atoms with Crippen LogP contribution in [0.4, 0.5) is 4.79 Å². The van der Waals surface area contributed by atoms with Gasteiger partial charge in [0.15, 0.2) is 5.78 Å². The Hall–Kier alpha value is -2.04. The lowest BCUT2D eigenvalue weighted by atomic mass is 9.82. The number of nitrogens with zero attached hydrogens (tertiary/aromatic N) is 1. The number of amides is 2. The van der Waals surface area contributed by atoms with Crippen LogP contribution in [0.3, 0.4) is 0 Å². The SMILES string of the molecule is [CH]NC(=O)N1CCC2(CC1)CC(=O)c1ccccc1O2. The highest BCUT2D eigenvalue weighted by molar-refractivity contribution is 6.00. The van der Waals surface area contributed by atoms with Crippen molar-refractivity contribution in [2.24, 2.45) is 0 Å². The molecule has 2 amide bonds. The van der Waals surface area contributed by atoms with Crippen LogP contribution in [0, 0.1) is 7.05 Å². The molecule has 1 saturated heterocycles. The normalized spacial score (nSPS) is 20.2. The second-order valence-corrected chi connectivity index (χ2v) is 5.32. The van der Waals surface area contributed by atoms with Crippen molar-refractivity contribution in [3.8, 4) is 5.75 Å². The number of rotatable bonds is 0. The summed E-state index contributed by atoms with van der Waals surface area (Å²) in [6.45, 7) is 1.08. The molecular formula is C15H16N2O3. The number of para-hydroxylation sites is 1. The number of Topliss-reactive ketones (excluding diaryl/α,β-unsaturated/α-hetero) is 1. The van der Waals surface area contributed by atoms with E-state index in [9.17, 15) is 9.59 Å².